The van der Waals surface area contributed by atoms with Gasteiger partial charge in [-0.25, -0.2) is 9.59 Å². The second-order valence-electron chi connectivity index (χ2n) is 14.2. The van der Waals surface area contributed by atoms with Crippen molar-refractivity contribution in [2.45, 2.75) is 102 Å². The number of phenols is 1. The lowest BCUT2D eigenvalue weighted by Gasteiger charge is -2.58. The molecule has 2 heterocycles. The van der Waals surface area contributed by atoms with Gasteiger partial charge >= 0.3 is 11.9 Å². The van der Waals surface area contributed by atoms with Crippen molar-refractivity contribution in [3.63, 3.8) is 0 Å². The Bertz CT molecular complexity index is 1490. The zero-order valence-electron chi connectivity index (χ0n) is 27.9. The van der Waals surface area contributed by atoms with Crippen LogP contribution < -0.4 is 9.47 Å². The number of carbonyl (C=O) groups is 2. The summed E-state index contributed by atoms with van der Waals surface area (Å²) in [7, 11) is 2.63. The quantitative estimate of drug-likeness (QED) is 0.200. The van der Waals surface area contributed by atoms with Crippen LogP contribution in [-0.4, -0.2) is 108 Å². The molecule has 1 aromatic rings. The first-order chi connectivity index (χ1) is 22.8. The van der Waals surface area contributed by atoms with Gasteiger partial charge < -0.3 is 54.0 Å². The Morgan fingerprint density at radius 1 is 1.06 bits per heavy atom. The van der Waals surface area contributed by atoms with Crippen LogP contribution in [0.4, 0.5) is 0 Å². The predicted octanol–water partition coefficient (Wildman–Crippen LogP) is 2.30. The van der Waals surface area contributed by atoms with Crippen LogP contribution in [0.5, 0.6) is 17.2 Å². The Kier molecular flexibility index (Phi) is 9.33. The van der Waals surface area contributed by atoms with Gasteiger partial charge in [0.25, 0.3) is 0 Å². The minimum atomic E-state index is -1.65. The van der Waals surface area contributed by atoms with Crippen molar-refractivity contribution in [2.75, 3.05) is 27.4 Å². The molecule has 2 aliphatic heterocycles. The van der Waals surface area contributed by atoms with Gasteiger partial charge in [0.15, 0.2) is 23.9 Å². The summed E-state index contributed by atoms with van der Waals surface area (Å²) in [6.45, 7) is 5.62. The SMILES string of the molecule is COc1cc(C(=O)O[C@H]2[C@H](OC[C@]3(C)CCC[C@@]4(C)C5=C(CC[C@H]34)[C@@H](O)C3=C(C)C(=O)O[C@@H]3C5)O[C@H](CO)[C@@H](O)[C@@H]2O)cc(OC)c1O. The van der Waals surface area contributed by atoms with E-state index in [2.05, 4.69) is 13.8 Å². The molecule has 2 fully saturated rings. The summed E-state index contributed by atoms with van der Waals surface area (Å²) in [5.41, 5.74) is 2.56. The van der Waals surface area contributed by atoms with E-state index in [0.717, 1.165) is 36.8 Å². The Morgan fingerprint density at radius 3 is 2.40 bits per heavy atom. The van der Waals surface area contributed by atoms with Crippen LogP contribution in [0.1, 0.15) is 69.7 Å². The van der Waals surface area contributed by atoms with Crippen LogP contribution in [0.25, 0.3) is 0 Å². The first-order valence-corrected chi connectivity index (χ1v) is 16.5. The molecule has 264 valence electrons. The van der Waals surface area contributed by atoms with Gasteiger partial charge in [-0.1, -0.05) is 25.8 Å². The Labute approximate surface area is 279 Å². The molecular formula is C35H46O13. The lowest BCUT2D eigenvalue weighted by molar-refractivity contribution is -0.307. The van der Waals surface area contributed by atoms with Gasteiger partial charge in [0.1, 0.15) is 30.5 Å². The van der Waals surface area contributed by atoms with Crippen LogP contribution in [0.2, 0.25) is 0 Å². The molecule has 13 heteroatoms. The summed E-state index contributed by atoms with van der Waals surface area (Å²) in [4.78, 5) is 25.7. The fourth-order valence-electron chi connectivity index (χ4n) is 9.00. The molecule has 5 N–H and O–H groups in total. The molecule has 0 unspecified atom stereocenters. The Hall–Kier alpha value is -3.20. The first-order valence-electron chi connectivity index (χ1n) is 16.5. The number of hydrogen-bond donors (Lipinski definition) is 5. The normalized spacial score (nSPS) is 37.7. The van der Waals surface area contributed by atoms with Crippen molar-refractivity contribution < 1.29 is 63.5 Å². The minimum absolute atomic E-state index is 0.0343. The molecule has 0 radical (unpaired) electrons. The molecule has 0 bridgehead atoms. The van der Waals surface area contributed by atoms with Gasteiger partial charge in [-0.3, -0.25) is 0 Å². The van der Waals surface area contributed by atoms with E-state index in [0.29, 0.717) is 24.0 Å². The van der Waals surface area contributed by atoms with Gasteiger partial charge in [0.2, 0.25) is 5.75 Å². The molecule has 1 saturated heterocycles. The molecule has 48 heavy (non-hydrogen) atoms. The number of methoxy groups -OCH3 is 2. The van der Waals surface area contributed by atoms with E-state index in [1.54, 1.807) is 6.92 Å². The fraction of sp³-hybridized carbons (Fsp3) is 0.657. The Morgan fingerprint density at radius 2 is 1.75 bits per heavy atom. The second-order valence-corrected chi connectivity index (χ2v) is 14.2. The van der Waals surface area contributed by atoms with E-state index in [1.165, 1.54) is 26.4 Å². The third-order valence-electron chi connectivity index (χ3n) is 11.5. The molecule has 1 aromatic carbocycles. The van der Waals surface area contributed by atoms with E-state index >= 15 is 0 Å². The van der Waals surface area contributed by atoms with Crippen LogP contribution in [0, 0.1) is 16.7 Å². The van der Waals surface area contributed by atoms with E-state index in [9.17, 15) is 35.1 Å². The number of hydrogen-bond acceptors (Lipinski definition) is 13. The zero-order chi connectivity index (χ0) is 34.7. The highest BCUT2D eigenvalue weighted by molar-refractivity contribution is 5.92. The van der Waals surface area contributed by atoms with Crippen molar-refractivity contribution in [3.8, 4) is 17.2 Å². The molecule has 3 aliphatic carbocycles. The van der Waals surface area contributed by atoms with Gasteiger partial charge in [-0.15, -0.1) is 0 Å². The third-order valence-corrected chi connectivity index (χ3v) is 11.5. The topological polar surface area (TPSA) is 191 Å². The van der Waals surface area contributed by atoms with Crippen LogP contribution >= 0.6 is 0 Å². The number of benzene rings is 1. The van der Waals surface area contributed by atoms with E-state index in [-0.39, 0.29) is 46.7 Å². The number of esters is 2. The van der Waals surface area contributed by atoms with Crippen molar-refractivity contribution >= 4 is 11.9 Å². The summed E-state index contributed by atoms with van der Waals surface area (Å²) < 4.78 is 33.9. The summed E-state index contributed by atoms with van der Waals surface area (Å²) >= 11 is 0. The number of fused-ring (bicyclic) bond motifs is 3. The number of aliphatic hydroxyl groups is 4. The van der Waals surface area contributed by atoms with E-state index in [1.807, 2.05) is 0 Å². The molecule has 0 amide bonds. The molecule has 10 atom stereocenters. The second kappa shape index (κ2) is 12.9. The maximum atomic E-state index is 13.4. The minimum Gasteiger partial charge on any atom is -0.502 e. The number of carbonyl (C=O) groups excluding carboxylic acids is 2. The van der Waals surface area contributed by atoms with Gasteiger partial charge in [-0.05, 0) is 67.1 Å². The molecule has 0 aromatic heterocycles. The average Bonchev–Trinajstić information content (AvgIpc) is 3.35. The van der Waals surface area contributed by atoms with Crippen molar-refractivity contribution in [2.24, 2.45) is 16.7 Å². The van der Waals surface area contributed by atoms with Gasteiger partial charge in [-0.2, -0.15) is 0 Å². The largest absolute Gasteiger partial charge is 0.502 e. The molecule has 6 rings (SSSR count). The fourth-order valence-corrected chi connectivity index (χ4v) is 9.00. The molecule has 0 spiro atoms. The summed E-state index contributed by atoms with van der Waals surface area (Å²) in [5.74, 6) is -1.55. The summed E-state index contributed by atoms with van der Waals surface area (Å²) in [6, 6.07) is 2.51. The van der Waals surface area contributed by atoms with Crippen LogP contribution in [-0.2, 0) is 23.7 Å². The molecule has 13 nitrogen and oxygen atoms in total. The lowest BCUT2D eigenvalue weighted by atomic mass is 9.48. The van der Waals surface area contributed by atoms with Crippen molar-refractivity contribution in [3.05, 3.63) is 40.0 Å². The highest BCUT2D eigenvalue weighted by Gasteiger charge is 2.57. The number of rotatable bonds is 8. The molecule has 1 saturated carbocycles. The maximum absolute atomic E-state index is 13.4. The first kappa shape index (κ1) is 34.7. The standard InChI is InChI=1S/C35H46O13/c1-16-25-20(46-31(16)41)13-19-18(26(25)37)7-8-24-34(2,9-6-10-35(19,24)3)15-45-33-30(29(40)28(39)23(14-36)47-33)48-32(42)17-11-21(43-4)27(38)22(12-17)44-5/h11-12,20,23-24,26,28-30,33,36-40H,6-10,13-15H2,1-5H3/t20-,23-,24-,26-,28-,29+,30-,33-,34+,35+/m1/s1. The third kappa shape index (κ3) is 5.58. The number of aliphatic hydroxyl groups excluding tert-OH is 4. The van der Waals surface area contributed by atoms with Crippen molar-refractivity contribution in [1.29, 1.82) is 0 Å². The summed E-state index contributed by atoms with van der Waals surface area (Å²) in [5, 5.41) is 53.3. The maximum Gasteiger partial charge on any atom is 0.338 e. The zero-order valence-corrected chi connectivity index (χ0v) is 27.9. The highest BCUT2D eigenvalue weighted by atomic mass is 16.7. The van der Waals surface area contributed by atoms with E-state index in [4.69, 9.17) is 28.4 Å². The highest BCUT2D eigenvalue weighted by Crippen LogP contribution is 2.63. The molecular weight excluding hydrogens is 628 g/mol. The number of phenolic OH excluding ortho intramolecular Hbond substituents is 1. The monoisotopic (exact) mass is 674 g/mol. The van der Waals surface area contributed by atoms with Crippen LogP contribution in [0.3, 0.4) is 0 Å². The number of aromatic hydroxyl groups is 1. The average molecular weight is 675 g/mol. The Balaban J connectivity index is 1.24. The molecule has 5 aliphatic rings. The van der Waals surface area contributed by atoms with Crippen LogP contribution in [0.15, 0.2) is 34.4 Å². The summed E-state index contributed by atoms with van der Waals surface area (Å²) in [6.07, 6.45) is -3.93. The number of ether oxygens (including phenoxy) is 6. The lowest BCUT2D eigenvalue weighted by Crippen LogP contribution is -2.61. The van der Waals surface area contributed by atoms with E-state index < -0.39 is 60.9 Å². The van der Waals surface area contributed by atoms with Gasteiger partial charge in [0, 0.05) is 17.6 Å². The smallest absolute Gasteiger partial charge is 0.338 e. The van der Waals surface area contributed by atoms with Gasteiger partial charge in [0.05, 0.1) is 33.0 Å². The predicted molar refractivity (Wildman–Crippen MR) is 167 cm³/mol. The van der Waals surface area contributed by atoms with Crippen molar-refractivity contribution in [1.82, 2.24) is 0 Å².